The van der Waals surface area contributed by atoms with Crippen molar-refractivity contribution in [2.24, 2.45) is 5.73 Å². The summed E-state index contributed by atoms with van der Waals surface area (Å²) in [7, 11) is 0. The first-order valence-electron chi connectivity index (χ1n) is 4.49. The van der Waals surface area contributed by atoms with E-state index in [1.807, 2.05) is 0 Å². The van der Waals surface area contributed by atoms with Crippen LogP contribution in [0.2, 0.25) is 0 Å². The van der Waals surface area contributed by atoms with Crippen molar-refractivity contribution in [3.8, 4) is 0 Å². The van der Waals surface area contributed by atoms with E-state index in [2.05, 4.69) is 18.7 Å². The summed E-state index contributed by atoms with van der Waals surface area (Å²) in [5, 5.41) is 7.87. The van der Waals surface area contributed by atoms with E-state index < -0.39 is 5.06 Å². The summed E-state index contributed by atoms with van der Waals surface area (Å²) in [5.74, 6) is 0. The maximum atomic E-state index is 9.16. The first kappa shape index (κ1) is 10.1. The van der Waals surface area contributed by atoms with Crippen molar-refractivity contribution in [2.75, 3.05) is 0 Å². The molecule has 0 heterocycles. The van der Waals surface area contributed by atoms with Gasteiger partial charge in [-0.3, -0.25) is 5.73 Å². The largest absolute Gasteiger partial charge is 0.367 e. The van der Waals surface area contributed by atoms with Crippen molar-refractivity contribution in [3.05, 3.63) is 11.6 Å². The Morgan fingerprint density at radius 3 is 2.83 bits per heavy atom. The molecule has 3 heteroatoms. The molecule has 0 aliphatic heterocycles. The van der Waals surface area contributed by atoms with Gasteiger partial charge in [0.05, 0.1) is 0 Å². The van der Waals surface area contributed by atoms with Crippen molar-refractivity contribution in [2.45, 2.75) is 43.6 Å². The van der Waals surface area contributed by atoms with Gasteiger partial charge in [0.2, 0.25) is 0 Å². The minimum atomic E-state index is -1.29. The lowest BCUT2D eigenvalue weighted by Crippen LogP contribution is -2.32. The SMILES string of the molecule is N[C@](O)(S)CCC1=CCCCC1. The first-order chi connectivity index (χ1) is 5.58. The molecule has 1 atom stereocenters. The van der Waals surface area contributed by atoms with E-state index >= 15 is 0 Å². The van der Waals surface area contributed by atoms with E-state index in [1.54, 1.807) is 0 Å². The van der Waals surface area contributed by atoms with Gasteiger partial charge in [0, 0.05) is 6.42 Å². The van der Waals surface area contributed by atoms with Gasteiger partial charge >= 0.3 is 0 Å². The molecule has 0 unspecified atom stereocenters. The summed E-state index contributed by atoms with van der Waals surface area (Å²) in [6.45, 7) is 0. The van der Waals surface area contributed by atoms with Crippen LogP contribution in [0.3, 0.4) is 0 Å². The number of aliphatic hydroxyl groups is 1. The Morgan fingerprint density at radius 2 is 2.33 bits per heavy atom. The van der Waals surface area contributed by atoms with Crippen LogP contribution in [0.5, 0.6) is 0 Å². The second-order valence-corrected chi connectivity index (χ2v) is 4.26. The molecule has 0 saturated carbocycles. The summed E-state index contributed by atoms with van der Waals surface area (Å²) in [5.41, 5.74) is 6.77. The van der Waals surface area contributed by atoms with Gasteiger partial charge < -0.3 is 5.11 Å². The minimum Gasteiger partial charge on any atom is -0.367 e. The van der Waals surface area contributed by atoms with E-state index in [-0.39, 0.29) is 0 Å². The molecule has 3 N–H and O–H groups in total. The molecule has 0 aromatic rings. The molecule has 0 fully saturated rings. The van der Waals surface area contributed by atoms with Crippen molar-refractivity contribution >= 4 is 12.6 Å². The Bertz CT molecular complexity index is 172. The van der Waals surface area contributed by atoms with Crippen molar-refractivity contribution in [1.82, 2.24) is 0 Å². The molecule has 1 aliphatic carbocycles. The van der Waals surface area contributed by atoms with Crippen LogP contribution in [0.25, 0.3) is 0 Å². The molecule has 0 spiro atoms. The van der Waals surface area contributed by atoms with Crippen LogP contribution in [0.1, 0.15) is 38.5 Å². The molecule has 0 radical (unpaired) electrons. The highest BCUT2D eigenvalue weighted by Gasteiger charge is 2.15. The van der Waals surface area contributed by atoms with Gasteiger partial charge in [-0.2, -0.15) is 0 Å². The van der Waals surface area contributed by atoms with Crippen LogP contribution in [-0.2, 0) is 0 Å². The summed E-state index contributed by atoms with van der Waals surface area (Å²) in [4.78, 5) is 0. The Morgan fingerprint density at radius 1 is 1.58 bits per heavy atom. The highest BCUT2D eigenvalue weighted by atomic mass is 32.1. The molecule has 1 rings (SSSR count). The molecule has 0 amide bonds. The molecule has 12 heavy (non-hydrogen) atoms. The van der Waals surface area contributed by atoms with Crippen LogP contribution < -0.4 is 5.73 Å². The smallest absolute Gasteiger partial charge is 0.159 e. The second-order valence-electron chi connectivity index (χ2n) is 3.49. The fraction of sp³-hybridized carbons (Fsp3) is 0.778. The van der Waals surface area contributed by atoms with E-state index in [0.29, 0.717) is 6.42 Å². The van der Waals surface area contributed by atoms with Gasteiger partial charge in [-0.25, -0.2) is 0 Å². The number of thiol groups is 1. The van der Waals surface area contributed by atoms with Crippen molar-refractivity contribution in [3.63, 3.8) is 0 Å². The standard InChI is InChI=1S/C9H17NOS/c10-9(11,12)7-6-8-4-2-1-3-5-8/h4,11-12H,1-3,5-7,10H2/t9-/m1/s1. The normalized spacial score (nSPS) is 23.1. The summed E-state index contributed by atoms with van der Waals surface area (Å²) < 4.78 is 0. The lowest BCUT2D eigenvalue weighted by Gasteiger charge is -2.18. The van der Waals surface area contributed by atoms with Gasteiger partial charge in [-0.1, -0.05) is 11.6 Å². The maximum absolute atomic E-state index is 9.16. The molecule has 0 saturated heterocycles. The Kier molecular flexibility index (Phi) is 3.62. The summed E-state index contributed by atoms with van der Waals surface area (Å²) >= 11 is 3.86. The Hall–Kier alpha value is 0.01000. The lowest BCUT2D eigenvalue weighted by molar-refractivity contribution is 0.137. The van der Waals surface area contributed by atoms with Gasteiger partial charge in [-0.15, -0.1) is 12.6 Å². The highest BCUT2D eigenvalue weighted by Crippen LogP contribution is 2.23. The number of hydrogen-bond donors (Lipinski definition) is 3. The van der Waals surface area contributed by atoms with Crippen LogP contribution in [-0.4, -0.2) is 10.2 Å². The zero-order valence-corrected chi connectivity index (χ0v) is 8.19. The second kappa shape index (κ2) is 4.30. The van der Waals surface area contributed by atoms with E-state index in [0.717, 1.165) is 6.42 Å². The van der Waals surface area contributed by atoms with Gasteiger partial charge in [-0.05, 0) is 32.1 Å². The monoisotopic (exact) mass is 187 g/mol. The molecule has 0 aromatic heterocycles. The third-order valence-corrected chi connectivity index (χ3v) is 2.42. The van der Waals surface area contributed by atoms with Crippen LogP contribution >= 0.6 is 12.6 Å². The molecular formula is C9H17NOS. The fourth-order valence-electron chi connectivity index (χ4n) is 1.48. The van der Waals surface area contributed by atoms with Crippen LogP contribution in [0, 0.1) is 0 Å². The average Bonchev–Trinajstić information content (AvgIpc) is 2.02. The third-order valence-electron chi connectivity index (χ3n) is 2.20. The fourth-order valence-corrected chi connectivity index (χ4v) is 1.59. The molecule has 2 nitrogen and oxygen atoms in total. The first-order valence-corrected chi connectivity index (χ1v) is 4.94. The minimum absolute atomic E-state index is 0.544. The van der Waals surface area contributed by atoms with Gasteiger partial charge in [0.15, 0.2) is 5.06 Å². The quantitative estimate of drug-likeness (QED) is 0.358. The van der Waals surface area contributed by atoms with Gasteiger partial charge in [0.1, 0.15) is 0 Å². The van der Waals surface area contributed by atoms with Crippen molar-refractivity contribution < 1.29 is 5.11 Å². The van der Waals surface area contributed by atoms with Gasteiger partial charge in [0.25, 0.3) is 0 Å². The van der Waals surface area contributed by atoms with E-state index in [1.165, 1.54) is 31.3 Å². The zero-order chi connectivity index (χ0) is 9.03. The molecular weight excluding hydrogens is 170 g/mol. The summed E-state index contributed by atoms with van der Waals surface area (Å²) in [6.07, 6.45) is 8.63. The topological polar surface area (TPSA) is 46.2 Å². The zero-order valence-electron chi connectivity index (χ0n) is 7.29. The summed E-state index contributed by atoms with van der Waals surface area (Å²) in [6, 6.07) is 0. The van der Waals surface area contributed by atoms with Crippen LogP contribution in [0.4, 0.5) is 0 Å². The molecule has 0 aromatic carbocycles. The predicted octanol–water partition coefficient (Wildman–Crippen LogP) is 1.80. The highest BCUT2D eigenvalue weighted by molar-refractivity contribution is 7.81. The van der Waals surface area contributed by atoms with Crippen LogP contribution in [0.15, 0.2) is 11.6 Å². The number of nitrogens with two attached hydrogens (primary N) is 1. The van der Waals surface area contributed by atoms with E-state index in [4.69, 9.17) is 10.8 Å². The predicted molar refractivity (Wildman–Crippen MR) is 53.9 cm³/mol. The van der Waals surface area contributed by atoms with E-state index in [9.17, 15) is 0 Å². The Labute approximate surface area is 79.3 Å². The number of rotatable bonds is 3. The Balaban J connectivity index is 2.26. The number of hydrogen-bond acceptors (Lipinski definition) is 3. The van der Waals surface area contributed by atoms with Crippen molar-refractivity contribution in [1.29, 1.82) is 0 Å². The number of allylic oxidation sites excluding steroid dienone is 2. The third kappa shape index (κ3) is 4.14. The average molecular weight is 187 g/mol. The lowest BCUT2D eigenvalue weighted by atomic mass is 9.96. The molecule has 70 valence electrons. The molecule has 1 aliphatic rings. The molecule has 0 bridgehead atoms. The maximum Gasteiger partial charge on any atom is 0.159 e.